The number of aliphatic hydroxyl groups excluding tert-OH is 3. The van der Waals surface area contributed by atoms with Crippen LogP contribution in [0.5, 0.6) is 0 Å². The predicted molar refractivity (Wildman–Crippen MR) is 223 cm³/mol. The van der Waals surface area contributed by atoms with E-state index in [0.29, 0.717) is 12.8 Å². The molecule has 3 N–H and O–H groups in total. The van der Waals surface area contributed by atoms with Crippen LogP contribution in [0.3, 0.4) is 0 Å². The van der Waals surface area contributed by atoms with Crippen molar-refractivity contribution in [3.63, 3.8) is 0 Å². The van der Waals surface area contributed by atoms with Gasteiger partial charge in [0.25, 0.3) is 7.82 Å². The Morgan fingerprint density at radius 2 is 0.750 bits per heavy atom. The maximum Gasteiger partial charge on any atom is 1.00 e. The van der Waals surface area contributed by atoms with Gasteiger partial charge in [-0.25, -0.2) is 0 Å². The normalized spacial score (nSPS) is 20.5. The molecule has 1 aliphatic carbocycles. The largest absolute Gasteiger partial charge is 1.00 e. The second-order valence-electron chi connectivity index (χ2n) is 16.6. The molecule has 68 heavy (non-hydrogen) atoms. The molecule has 0 aromatic rings. The maximum atomic E-state index is 12.9. The van der Waals surface area contributed by atoms with E-state index in [4.69, 9.17) is 14.0 Å². The third-order valence-corrected chi connectivity index (χ3v) is 12.9. The van der Waals surface area contributed by atoms with E-state index in [-0.39, 0.29) is 161 Å². The third-order valence-electron chi connectivity index (χ3n) is 10.9. The van der Waals surface area contributed by atoms with Crippen LogP contribution in [0.15, 0.2) is 0 Å². The van der Waals surface area contributed by atoms with Crippen LogP contribution in [0.1, 0.15) is 194 Å². The Bertz CT molecular complexity index is 1370. The van der Waals surface area contributed by atoms with E-state index in [0.717, 1.165) is 57.8 Å². The number of unbranched alkanes of at least 4 members (excludes halogenated alkanes) is 24. The number of ether oxygens (including phenoxy) is 2. The van der Waals surface area contributed by atoms with Crippen LogP contribution in [-0.2, 0) is 50.9 Å². The summed E-state index contributed by atoms with van der Waals surface area (Å²) in [6, 6.07) is 0. The zero-order valence-electron chi connectivity index (χ0n) is 42.5. The molecule has 0 aromatic carbocycles. The molecule has 0 aromatic heterocycles. The van der Waals surface area contributed by atoms with Crippen LogP contribution < -0.4 is 172 Å². The SMILES string of the molecule is CCCCCCCCCCCCCCCC(=O)OC[C@H](COP(=O)([O-])O[C@@H]1[C@H](O)[C@H](O)[C@@H](OP(=O)([O-])[O-])[C@H](OP(=O)([O-])[O-])[C@H]1O)OC(=O)CCCCCCCCCCCCCCC.[Na+].[Na+].[Na+].[Na+].[Na+]. The first-order valence-electron chi connectivity index (χ1n) is 23.2. The van der Waals surface area contributed by atoms with E-state index < -0.39 is 91.3 Å². The number of aliphatic hydroxyl groups is 3. The summed E-state index contributed by atoms with van der Waals surface area (Å²) in [6.07, 6.45) is 11.1. The van der Waals surface area contributed by atoms with Crippen molar-refractivity contribution in [2.45, 2.75) is 236 Å². The molecule has 19 nitrogen and oxygen atoms in total. The van der Waals surface area contributed by atoms with Gasteiger partial charge < -0.3 is 76.5 Å². The van der Waals surface area contributed by atoms with Crippen LogP contribution in [0.25, 0.3) is 0 Å². The molecule has 0 bridgehead atoms. The standard InChI is InChI=1S/C41H81O19P3.5Na/c1-3-5-7-9-11-13-15-17-19-21-23-25-27-29-34(42)55-31-33(57-35(43)30-28-26-24-22-20-18-16-14-12-10-8-6-4-2)32-56-63(53,54)60-39-36(44)37(45)40(58-61(47,48)49)41(38(39)46)59-62(50,51)52;;;;;/h33,36-41,44-46H,3-32H2,1-2H3,(H,53,54)(H2,47,48,49)(H2,50,51,52);;;;;/q;5*+1/p-5/t33-,36-,37+,38+,39-,40-,41-;;;;;/m1...../s1. The molecule has 1 rings (SSSR count). The first-order valence-corrected chi connectivity index (χ1v) is 27.6. The molecule has 1 aliphatic rings. The summed E-state index contributed by atoms with van der Waals surface area (Å²) in [7, 11) is -18.0. The number of hydrogen-bond acceptors (Lipinski definition) is 19. The molecular formula is C41H76Na5O19P3. The predicted octanol–water partition coefficient (Wildman–Crippen LogP) is -10.2. The Hall–Kier alpha value is 4.15. The summed E-state index contributed by atoms with van der Waals surface area (Å²) in [5.41, 5.74) is 0. The van der Waals surface area contributed by atoms with Crippen molar-refractivity contribution >= 4 is 35.4 Å². The van der Waals surface area contributed by atoms with Crippen molar-refractivity contribution in [1.82, 2.24) is 0 Å². The van der Waals surface area contributed by atoms with E-state index in [1.807, 2.05) is 0 Å². The topological polar surface area (TPSA) is 317 Å². The van der Waals surface area contributed by atoms with Crippen molar-refractivity contribution in [3.8, 4) is 0 Å². The smallest absolute Gasteiger partial charge is 0.790 e. The van der Waals surface area contributed by atoms with E-state index in [2.05, 4.69) is 27.4 Å². The van der Waals surface area contributed by atoms with Crippen molar-refractivity contribution in [2.24, 2.45) is 0 Å². The summed E-state index contributed by atoms with van der Waals surface area (Å²) in [5, 5.41) is 31.5. The zero-order valence-corrected chi connectivity index (χ0v) is 55.2. The van der Waals surface area contributed by atoms with Crippen molar-refractivity contribution in [2.75, 3.05) is 13.2 Å². The summed E-state index contributed by atoms with van der Waals surface area (Å²) in [6.45, 7) is 2.78. The van der Waals surface area contributed by atoms with Crippen LogP contribution in [0, 0.1) is 0 Å². The van der Waals surface area contributed by atoms with Crippen LogP contribution in [-0.4, -0.2) is 83.2 Å². The number of phosphoric ester groups is 3. The van der Waals surface area contributed by atoms with Gasteiger partial charge in [0.05, 0.1) is 22.3 Å². The zero-order chi connectivity index (χ0) is 47.2. The number of phosphoric acid groups is 3. The molecule has 0 spiro atoms. The first kappa shape index (κ1) is 81.0. The first-order chi connectivity index (χ1) is 29.8. The van der Waals surface area contributed by atoms with Gasteiger partial charge in [0, 0.05) is 12.8 Å². The molecule has 27 heteroatoms. The van der Waals surface area contributed by atoms with Gasteiger partial charge in [0.2, 0.25) is 0 Å². The summed E-state index contributed by atoms with van der Waals surface area (Å²) in [4.78, 5) is 83.4. The second-order valence-corrected chi connectivity index (χ2v) is 20.2. The summed E-state index contributed by atoms with van der Waals surface area (Å²) < 4.78 is 63.7. The number of hydrogen-bond donors (Lipinski definition) is 3. The third kappa shape index (κ3) is 43.2. The molecule has 0 radical (unpaired) electrons. The molecule has 1 unspecified atom stereocenters. The average Bonchev–Trinajstić information content (AvgIpc) is 3.20. The summed E-state index contributed by atoms with van der Waals surface area (Å²) in [5.74, 6) is -1.36. The molecule has 1 saturated carbocycles. The molecule has 8 atom stereocenters. The molecular weight excluding hydrogens is 1000 g/mol. The Balaban J connectivity index is -0.00000265. The Kier molecular flexibility index (Phi) is 57.5. The van der Waals surface area contributed by atoms with E-state index in [1.54, 1.807) is 0 Å². The molecule has 1 fully saturated rings. The van der Waals surface area contributed by atoms with Gasteiger partial charge >= 0.3 is 160 Å². The monoisotopic (exact) mass is 1080 g/mol. The van der Waals surface area contributed by atoms with Gasteiger partial charge in [-0.2, -0.15) is 0 Å². The Morgan fingerprint density at radius 1 is 0.441 bits per heavy atom. The van der Waals surface area contributed by atoms with E-state index in [1.165, 1.54) is 96.3 Å². The number of carbonyl (C=O) groups excluding carboxylic acids is 2. The molecule has 0 aliphatic heterocycles. The average molecular weight is 1080 g/mol. The second kappa shape index (κ2) is 48.3. The van der Waals surface area contributed by atoms with Gasteiger partial charge in [-0.15, -0.1) is 0 Å². The van der Waals surface area contributed by atoms with Gasteiger partial charge in [-0.05, 0) is 12.8 Å². The van der Waals surface area contributed by atoms with Gasteiger partial charge in [0.1, 0.15) is 43.2 Å². The molecule has 374 valence electrons. The number of esters is 2. The maximum absolute atomic E-state index is 12.9. The minimum absolute atomic E-state index is 0. The fourth-order valence-electron chi connectivity index (χ4n) is 7.38. The molecule has 0 heterocycles. The van der Waals surface area contributed by atoms with E-state index >= 15 is 0 Å². The van der Waals surface area contributed by atoms with Gasteiger partial charge in [-0.1, -0.05) is 168 Å². The summed E-state index contributed by atoms with van der Waals surface area (Å²) >= 11 is 0. The van der Waals surface area contributed by atoms with Crippen LogP contribution >= 0.6 is 23.5 Å². The van der Waals surface area contributed by atoms with Crippen molar-refractivity contribution in [1.29, 1.82) is 0 Å². The number of rotatable bonds is 40. The minimum Gasteiger partial charge on any atom is -0.790 e. The van der Waals surface area contributed by atoms with E-state index in [9.17, 15) is 63.1 Å². The molecule has 0 amide bonds. The van der Waals surface area contributed by atoms with Crippen molar-refractivity contribution in [3.05, 3.63) is 0 Å². The number of carbonyl (C=O) groups is 2. The Morgan fingerprint density at radius 3 is 1.10 bits per heavy atom. The molecule has 0 saturated heterocycles. The fourth-order valence-corrected chi connectivity index (χ4v) is 9.42. The Labute approximate surface area is 516 Å². The van der Waals surface area contributed by atoms with Gasteiger partial charge in [-0.3, -0.25) is 14.2 Å². The van der Waals surface area contributed by atoms with Crippen LogP contribution in [0.2, 0.25) is 0 Å². The minimum atomic E-state index is -6.15. The van der Waals surface area contributed by atoms with Crippen LogP contribution in [0.4, 0.5) is 0 Å². The quantitative estimate of drug-likeness (QED) is 0.0222. The fraction of sp³-hybridized carbons (Fsp3) is 0.951. The van der Waals surface area contributed by atoms with Gasteiger partial charge in [0.15, 0.2) is 6.10 Å². The van der Waals surface area contributed by atoms with Crippen molar-refractivity contribution < 1.29 is 238 Å².